The van der Waals surface area contributed by atoms with E-state index < -0.39 is 75.7 Å². The SMILES string of the molecule is CCCCCCC/C=C\C/C=C\CCCCCCCCCCCC(=O)OC(COC(=O)CCCCCCCCC)COP(=O)(O)OC1C(O)C(O)C(O)C(O)C1O. The summed E-state index contributed by atoms with van der Waals surface area (Å²) in [6, 6.07) is 0. The third kappa shape index (κ3) is 26.9. The Kier molecular flexibility index (Phi) is 31.9. The minimum absolute atomic E-state index is 0.0939. The standard InChI is InChI=1S/C43H79O13P/c1-3-5-7-9-11-12-13-14-15-16-17-18-19-20-21-22-23-24-26-28-30-32-37(45)55-35(33-53-36(44)31-29-27-25-10-8-6-4-2)34-54-57(51,52)56-43-41(49)39(47)38(46)40(48)42(43)50/h13-14,16-17,35,38-43,46-50H,3-12,15,18-34H2,1-2H3,(H,51,52)/b14-13-,17-16-. The number of carbonyl (C=O) groups is 2. The van der Waals surface area contributed by atoms with Crippen molar-refractivity contribution in [3.8, 4) is 0 Å². The average Bonchev–Trinajstić information content (AvgIpc) is 3.19. The third-order valence-electron chi connectivity index (χ3n) is 10.3. The number of phosphoric acid groups is 1. The maximum Gasteiger partial charge on any atom is 0.472 e. The smallest absolute Gasteiger partial charge is 0.462 e. The number of rotatable bonds is 36. The van der Waals surface area contributed by atoms with Crippen LogP contribution in [0.4, 0.5) is 0 Å². The summed E-state index contributed by atoms with van der Waals surface area (Å²) in [5.41, 5.74) is 0. The van der Waals surface area contributed by atoms with Crippen LogP contribution in [0, 0.1) is 0 Å². The van der Waals surface area contributed by atoms with Crippen molar-refractivity contribution >= 4 is 19.8 Å². The zero-order valence-corrected chi connectivity index (χ0v) is 36.0. The number of carbonyl (C=O) groups excluding carboxylic acids is 2. The number of aliphatic hydroxyl groups is 5. The first-order valence-corrected chi connectivity index (χ1v) is 23.6. The van der Waals surface area contributed by atoms with Gasteiger partial charge in [0.15, 0.2) is 6.10 Å². The van der Waals surface area contributed by atoms with E-state index in [0.717, 1.165) is 70.6 Å². The summed E-state index contributed by atoms with van der Waals surface area (Å²) in [5, 5.41) is 50.0. The zero-order chi connectivity index (χ0) is 42.2. The van der Waals surface area contributed by atoms with Gasteiger partial charge >= 0.3 is 19.8 Å². The number of ether oxygens (including phenoxy) is 2. The van der Waals surface area contributed by atoms with Crippen LogP contribution >= 0.6 is 7.82 Å². The summed E-state index contributed by atoms with van der Waals surface area (Å²) < 4.78 is 33.3. The van der Waals surface area contributed by atoms with Crippen molar-refractivity contribution < 1.29 is 63.1 Å². The second-order valence-corrected chi connectivity index (χ2v) is 17.0. The van der Waals surface area contributed by atoms with Gasteiger partial charge in [-0.05, 0) is 44.9 Å². The Hall–Kier alpha value is -1.67. The summed E-state index contributed by atoms with van der Waals surface area (Å²) in [5.74, 6) is -1.11. The molecule has 0 amide bonds. The molecule has 0 aromatic carbocycles. The van der Waals surface area contributed by atoms with Crippen molar-refractivity contribution in [1.29, 1.82) is 0 Å². The molecule has 6 atom stereocenters. The Bertz CT molecular complexity index is 1100. The van der Waals surface area contributed by atoms with Gasteiger partial charge < -0.3 is 39.9 Å². The van der Waals surface area contributed by atoms with Crippen molar-refractivity contribution in [1.82, 2.24) is 0 Å². The first-order chi connectivity index (χ1) is 27.4. The van der Waals surface area contributed by atoms with Crippen molar-refractivity contribution in [3.63, 3.8) is 0 Å². The first kappa shape index (κ1) is 53.3. The Labute approximate surface area is 343 Å². The molecule has 6 unspecified atom stereocenters. The maximum absolute atomic E-state index is 12.7. The quantitative estimate of drug-likeness (QED) is 0.0153. The van der Waals surface area contributed by atoms with Gasteiger partial charge in [-0.3, -0.25) is 18.6 Å². The van der Waals surface area contributed by atoms with Gasteiger partial charge in [-0.25, -0.2) is 4.57 Å². The van der Waals surface area contributed by atoms with Gasteiger partial charge in [-0.15, -0.1) is 0 Å². The van der Waals surface area contributed by atoms with Crippen LogP contribution in [-0.4, -0.2) is 98.3 Å². The van der Waals surface area contributed by atoms with Crippen molar-refractivity contribution in [2.45, 2.75) is 224 Å². The molecule has 1 aliphatic carbocycles. The Morgan fingerprint density at radius 1 is 0.544 bits per heavy atom. The Morgan fingerprint density at radius 2 is 0.947 bits per heavy atom. The van der Waals surface area contributed by atoms with Gasteiger partial charge in [0.2, 0.25) is 0 Å². The fourth-order valence-electron chi connectivity index (χ4n) is 6.67. The van der Waals surface area contributed by atoms with Gasteiger partial charge in [-0.1, -0.05) is 147 Å². The van der Waals surface area contributed by atoms with Crippen LogP contribution in [0.25, 0.3) is 0 Å². The molecule has 334 valence electrons. The van der Waals surface area contributed by atoms with Gasteiger partial charge in [0.1, 0.15) is 43.2 Å². The number of aliphatic hydroxyl groups excluding tert-OH is 5. The van der Waals surface area contributed by atoms with Crippen molar-refractivity contribution in [2.75, 3.05) is 13.2 Å². The fourth-order valence-corrected chi connectivity index (χ4v) is 7.64. The number of unbranched alkanes of at least 4 members (excludes halogenated alkanes) is 20. The molecule has 13 nitrogen and oxygen atoms in total. The highest BCUT2D eigenvalue weighted by atomic mass is 31.2. The van der Waals surface area contributed by atoms with E-state index in [4.69, 9.17) is 18.5 Å². The second-order valence-electron chi connectivity index (χ2n) is 15.6. The predicted molar refractivity (Wildman–Crippen MR) is 221 cm³/mol. The molecule has 0 aliphatic heterocycles. The molecular formula is C43H79O13P. The van der Waals surface area contributed by atoms with Gasteiger partial charge in [-0.2, -0.15) is 0 Å². The largest absolute Gasteiger partial charge is 0.472 e. The summed E-state index contributed by atoms with van der Waals surface area (Å²) in [6.07, 6.45) is 22.7. The third-order valence-corrected chi connectivity index (χ3v) is 11.3. The van der Waals surface area contributed by atoms with Crippen LogP contribution in [0.15, 0.2) is 24.3 Å². The van der Waals surface area contributed by atoms with Gasteiger partial charge in [0.05, 0.1) is 6.61 Å². The molecule has 0 radical (unpaired) electrons. The average molecular weight is 835 g/mol. The molecular weight excluding hydrogens is 755 g/mol. The summed E-state index contributed by atoms with van der Waals surface area (Å²) in [6.45, 7) is 3.22. The highest BCUT2D eigenvalue weighted by molar-refractivity contribution is 7.47. The summed E-state index contributed by atoms with van der Waals surface area (Å²) in [7, 11) is -5.11. The molecule has 14 heteroatoms. The van der Waals surface area contributed by atoms with Crippen LogP contribution in [-0.2, 0) is 32.7 Å². The molecule has 6 N–H and O–H groups in total. The summed E-state index contributed by atoms with van der Waals surface area (Å²) in [4.78, 5) is 35.4. The number of hydrogen-bond donors (Lipinski definition) is 6. The number of allylic oxidation sites excluding steroid dienone is 4. The Balaban J connectivity index is 2.39. The lowest BCUT2D eigenvalue weighted by atomic mass is 9.85. The highest BCUT2D eigenvalue weighted by Gasteiger charge is 2.51. The van der Waals surface area contributed by atoms with Gasteiger partial charge in [0, 0.05) is 12.8 Å². The topological polar surface area (TPSA) is 210 Å². The van der Waals surface area contributed by atoms with Crippen molar-refractivity contribution in [2.24, 2.45) is 0 Å². The molecule has 0 aromatic heterocycles. The Morgan fingerprint density at radius 3 is 1.42 bits per heavy atom. The van der Waals surface area contributed by atoms with E-state index in [1.807, 2.05) is 0 Å². The lowest BCUT2D eigenvalue weighted by Crippen LogP contribution is -2.64. The van der Waals surface area contributed by atoms with E-state index in [0.29, 0.717) is 12.8 Å². The lowest BCUT2D eigenvalue weighted by molar-refractivity contribution is -0.220. The van der Waals surface area contributed by atoms with Gasteiger partial charge in [0.25, 0.3) is 0 Å². The van der Waals surface area contributed by atoms with Crippen LogP contribution in [0.5, 0.6) is 0 Å². The van der Waals surface area contributed by atoms with Crippen LogP contribution < -0.4 is 0 Å². The van der Waals surface area contributed by atoms with Crippen LogP contribution in [0.2, 0.25) is 0 Å². The molecule has 57 heavy (non-hydrogen) atoms. The predicted octanol–water partition coefficient (Wildman–Crippen LogP) is 8.06. The lowest BCUT2D eigenvalue weighted by Gasteiger charge is -2.41. The van der Waals surface area contributed by atoms with E-state index in [2.05, 4.69) is 38.2 Å². The number of esters is 2. The number of hydrogen-bond acceptors (Lipinski definition) is 12. The molecule has 0 heterocycles. The molecule has 0 saturated heterocycles. The van der Waals surface area contributed by atoms with E-state index >= 15 is 0 Å². The van der Waals surface area contributed by atoms with E-state index in [-0.39, 0.29) is 12.8 Å². The molecule has 0 aromatic rings. The van der Waals surface area contributed by atoms with E-state index in [1.165, 1.54) is 70.6 Å². The molecule has 1 fully saturated rings. The van der Waals surface area contributed by atoms with Crippen molar-refractivity contribution in [3.05, 3.63) is 24.3 Å². The highest BCUT2D eigenvalue weighted by Crippen LogP contribution is 2.47. The normalized spacial score (nSPS) is 22.9. The van der Waals surface area contributed by atoms with Crippen LogP contribution in [0.3, 0.4) is 0 Å². The summed E-state index contributed by atoms with van der Waals surface area (Å²) >= 11 is 0. The minimum atomic E-state index is -5.11. The monoisotopic (exact) mass is 835 g/mol. The molecule has 1 saturated carbocycles. The second kappa shape index (κ2) is 34.1. The zero-order valence-electron chi connectivity index (χ0n) is 35.1. The maximum atomic E-state index is 12.7. The minimum Gasteiger partial charge on any atom is -0.462 e. The van der Waals surface area contributed by atoms with E-state index in [9.17, 15) is 44.6 Å². The van der Waals surface area contributed by atoms with Crippen LogP contribution in [0.1, 0.15) is 181 Å². The van der Waals surface area contributed by atoms with E-state index in [1.54, 1.807) is 0 Å². The molecule has 0 spiro atoms. The molecule has 0 bridgehead atoms. The fraction of sp³-hybridized carbons (Fsp3) is 0.860. The molecule has 1 rings (SSSR count). The molecule has 1 aliphatic rings. The number of phosphoric ester groups is 1. The first-order valence-electron chi connectivity index (χ1n) is 22.1.